The number of aromatic nitrogens is 2. The fraction of sp³-hybridized carbons (Fsp3) is 0.100. The van der Waals surface area contributed by atoms with Gasteiger partial charge in [0.2, 0.25) is 10.3 Å². The second-order valence-corrected chi connectivity index (χ2v) is 4.23. The van der Waals surface area contributed by atoms with Gasteiger partial charge in [-0.15, -0.1) is 10.2 Å². The van der Waals surface area contributed by atoms with Crippen LogP contribution in [0.3, 0.4) is 0 Å². The molecule has 2 rings (SSSR count). The third-order valence-electron chi connectivity index (χ3n) is 2.08. The maximum absolute atomic E-state index is 13.6. The van der Waals surface area contributed by atoms with Crippen LogP contribution < -0.4 is 15.8 Å². The molecule has 1 amide bonds. The number of nitrogens with zero attached hydrogens (tertiary/aromatic N) is 2. The number of halogens is 1. The van der Waals surface area contributed by atoms with Crippen LogP contribution in [0.15, 0.2) is 18.2 Å². The van der Waals surface area contributed by atoms with E-state index in [1.165, 1.54) is 25.3 Å². The summed E-state index contributed by atoms with van der Waals surface area (Å²) >= 11 is 0.990. The molecule has 6 nitrogen and oxygen atoms in total. The zero-order valence-corrected chi connectivity index (χ0v) is 10.1. The maximum Gasteiger partial charge on any atom is 0.264 e. The topological polar surface area (TPSA) is 90.1 Å². The van der Waals surface area contributed by atoms with Gasteiger partial charge >= 0.3 is 0 Å². The number of ether oxygens (including phenoxy) is 1. The second kappa shape index (κ2) is 4.96. The molecule has 18 heavy (non-hydrogen) atoms. The lowest BCUT2D eigenvalue weighted by Gasteiger charge is -2.08. The van der Waals surface area contributed by atoms with Crippen molar-refractivity contribution in [2.75, 3.05) is 18.2 Å². The number of benzene rings is 1. The monoisotopic (exact) mass is 268 g/mol. The molecule has 0 aliphatic rings. The molecular weight excluding hydrogens is 259 g/mol. The molecule has 1 aromatic carbocycles. The number of amides is 1. The summed E-state index contributed by atoms with van der Waals surface area (Å²) in [5.41, 5.74) is 5.19. The van der Waals surface area contributed by atoms with Gasteiger partial charge in [0.25, 0.3) is 5.91 Å². The predicted molar refractivity (Wildman–Crippen MR) is 65.2 cm³/mol. The number of hydrogen-bond acceptors (Lipinski definition) is 6. The normalized spacial score (nSPS) is 10.1. The van der Waals surface area contributed by atoms with Crippen molar-refractivity contribution in [3.05, 3.63) is 29.6 Å². The summed E-state index contributed by atoms with van der Waals surface area (Å²) in [7, 11) is 1.36. The Morgan fingerprint density at radius 1 is 1.50 bits per heavy atom. The van der Waals surface area contributed by atoms with Gasteiger partial charge in [0.15, 0.2) is 0 Å². The van der Waals surface area contributed by atoms with E-state index < -0.39 is 11.7 Å². The Morgan fingerprint density at radius 3 is 2.89 bits per heavy atom. The van der Waals surface area contributed by atoms with Crippen molar-refractivity contribution in [2.45, 2.75) is 0 Å². The number of carbonyl (C=O) groups is 1. The molecule has 2 aromatic rings. The van der Waals surface area contributed by atoms with Crippen molar-refractivity contribution in [3.63, 3.8) is 0 Å². The average Bonchev–Trinajstić information content (AvgIpc) is 2.74. The van der Waals surface area contributed by atoms with Crippen molar-refractivity contribution in [2.24, 2.45) is 0 Å². The molecule has 0 atom stereocenters. The summed E-state index contributed by atoms with van der Waals surface area (Å²) in [5, 5.41) is 9.96. The number of carbonyl (C=O) groups excluding carboxylic acids is 1. The molecule has 0 radical (unpaired) electrons. The molecule has 1 heterocycles. The highest BCUT2D eigenvalue weighted by Gasteiger charge is 2.18. The molecule has 0 spiro atoms. The number of rotatable bonds is 3. The molecule has 0 unspecified atom stereocenters. The molecule has 0 saturated heterocycles. The smallest absolute Gasteiger partial charge is 0.264 e. The number of nitrogens with two attached hydrogens (primary N) is 1. The zero-order valence-electron chi connectivity index (χ0n) is 9.31. The van der Waals surface area contributed by atoms with Crippen molar-refractivity contribution < 1.29 is 13.9 Å². The molecule has 3 N–H and O–H groups in total. The van der Waals surface area contributed by atoms with Crippen LogP contribution in [0, 0.1) is 5.82 Å². The number of nitrogens with one attached hydrogen (secondary N) is 1. The fourth-order valence-electron chi connectivity index (χ4n) is 1.34. The van der Waals surface area contributed by atoms with E-state index in [-0.39, 0.29) is 21.6 Å². The molecule has 0 bridgehead atoms. The third-order valence-corrected chi connectivity index (χ3v) is 2.75. The van der Waals surface area contributed by atoms with Gasteiger partial charge in [0.1, 0.15) is 17.1 Å². The van der Waals surface area contributed by atoms with Gasteiger partial charge in [0.05, 0.1) is 7.11 Å². The van der Waals surface area contributed by atoms with Gasteiger partial charge < -0.3 is 10.5 Å². The van der Waals surface area contributed by atoms with E-state index in [1.54, 1.807) is 0 Å². The predicted octanol–water partition coefficient (Wildman–Crippen LogP) is 1.52. The molecular formula is C10H9FN4O2S. The molecule has 94 valence electrons. The summed E-state index contributed by atoms with van der Waals surface area (Å²) < 4.78 is 18.5. The minimum absolute atomic E-state index is 0.144. The summed E-state index contributed by atoms with van der Waals surface area (Å²) in [6, 6.07) is 4.12. The summed E-state index contributed by atoms with van der Waals surface area (Å²) in [6.07, 6.45) is 0. The van der Waals surface area contributed by atoms with E-state index in [0.717, 1.165) is 11.3 Å². The minimum Gasteiger partial charge on any atom is -0.496 e. The highest BCUT2D eigenvalue weighted by Crippen LogP contribution is 2.23. The van der Waals surface area contributed by atoms with Crippen LogP contribution in [-0.4, -0.2) is 23.2 Å². The molecule has 1 aromatic heterocycles. The van der Waals surface area contributed by atoms with E-state index in [2.05, 4.69) is 15.5 Å². The van der Waals surface area contributed by atoms with Crippen LogP contribution in [-0.2, 0) is 0 Å². The Balaban J connectivity index is 2.28. The maximum atomic E-state index is 13.6. The van der Waals surface area contributed by atoms with Crippen molar-refractivity contribution >= 4 is 27.5 Å². The van der Waals surface area contributed by atoms with E-state index in [4.69, 9.17) is 10.5 Å². The van der Waals surface area contributed by atoms with E-state index in [0.29, 0.717) is 0 Å². The van der Waals surface area contributed by atoms with Crippen molar-refractivity contribution in [1.29, 1.82) is 0 Å². The quantitative estimate of drug-likeness (QED) is 0.880. The number of anilines is 2. The zero-order chi connectivity index (χ0) is 13.1. The highest BCUT2D eigenvalue weighted by atomic mass is 32.1. The van der Waals surface area contributed by atoms with E-state index >= 15 is 0 Å². The first-order valence-corrected chi connectivity index (χ1v) is 5.66. The first kappa shape index (κ1) is 12.2. The van der Waals surface area contributed by atoms with Gasteiger partial charge in [0, 0.05) is 0 Å². The summed E-state index contributed by atoms with van der Waals surface area (Å²) in [6.45, 7) is 0. The number of methoxy groups -OCH3 is 1. The van der Waals surface area contributed by atoms with E-state index in [1.807, 2.05) is 0 Å². The highest BCUT2D eigenvalue weighted by molar-refractivity contribution is 7.19. The minimum atomic E-state index is -0.677. The van der Waals surface area contributed by atoms with Crippen LogP contribution in [0.2, 0.25) is 0 Å². The van der Waals surface area contributed by atoms with Crippen LogP contribution in [0.5, 0.6) is 5.75 Å². The van der Waals surface area contributed by atoms with Crippen LogP contribution >= 0.6 is 11.3 Å². The Bertz CT molecular complexity index is 587. The van der Waals surface area contributed by atoms with Gasteiger partial charge in [-0.3, -0.25) is 10.1 Å². The summed E-state index contributed by atoms with van der Waals surface area (Å²) in [5.74, 6) is -1.20. The lowest BCUT2D eigenvalue weighted by Crippen LogP contribution is -2.15. The van der Waals surface area contributed by atoms with Gasteiger partial charge in [-0.1, -0.05) is 17.4 Å². The molecule has 0 saturated carbocycles. The Morgan fingerprint density at radius 2 is 2.28 bits per heavy atom. The fourth-order valence-corrected chi connectivity index (χ4v) is 1.84. The SMILES string of the molecule is COc1cccc(F)c1C(=O)Nc1nnc(N)s1. The first-order chi connectivity index (χ1) is 8.61. The Hall–Kier alpha value is -2.22. The standard InChI is InChI=1S/C10H9FN4O2S/c1-17-6-4-2-3-5(11)7(6)8(16)13-10-15-14-9(12)18-10/h2-4H,1H3,(H2,12,14)(H,13,15,16). The lowest BCUT2D eigenvalue weighted by atomic mass is 10.2. The Kier molecular flexibility index (Phi) is 3.38. The average molecular weight is 268 g/mol. The number of hydrogen-bond donors (Lipinski definition) is 2. The van der Waals surface area contributed by atoms with Gasteiger partial charge in [-0.05, 0) is 12.1 Å². The Labute approximate surface area is 106 Å². The third kappa shape index (κ3) is 2.38. The van der Waals surface area contributed by atoms with E-state index in [9.17, 15) is 9.18 Å². The van der Waals surface area contributed by atoms with Crippen LogP contribution in [0.1, 0.15) is 10.4 Å². The van der Waals surface area contributed by atoms with Gasteiger partial charge in [-0.25, -0.2) is 4.39 Å². The van der Waals surface area contributed by atoms with Crippen LogP contribution in [0.4, 0.5) is 14.7 Å². The van der Waals surface area contributed by atoms with Crippen LogP contribution in [0.25, 0.3) is 0 Å². The molecule has 0 fully saturated rings. The van der Waals surface area contributed by atoms with Crippen molar-refractivity contribution in [1.82, 2.24) is 10.2 Å². The largest absolute Gasteiger partial charge is 0.496 e. The first-order valence-electron chi connectivity index (χ1n) is 4.84. The van der Waals surface area contributed by atoms with Gasteiger partial charge in [-0.2, -0.15) is 0 Å². The lowest BCUT2D eigenvalue weighted by molar-refractivity contribution is 0.102. The molecule has 0 aliphatic heterocycles. The summed E-state index contributed by atoms with van der Waals surface area (Å²) in [4.78, 5) is 11.9. The molecule has 0 aliphatic carbocycles. The molecule has 8 heteroatoms. The second-order valence-electron chi connectivity index (χ2n) is 3.22. The number of nitrogen functional groups attached to an aromatic ring is 1. The van der Waals surface area contributed by atoms with Crippen molar-refractivity contribution in [3.8, 4) is 5.75 Å².